The molecule has 124 valence electrons. The molecule has 4 nitrogen and oxygen atoms in total. The maximum atomic E-state index is 12.3. The maximum Gasteiger partial charge on any atom is 0.261 e. The number of para-hydroxylation sites is 1. The summed E-state index contributed by atoms with van der Waals surface area (Å²) in [6.07, 6.45) is 2.63. The minimum atomic E-state index is -0.414. The highest BCUT2D eigenvalue weighted by Crippen LogP contribution is 2.19. The molecule has 2 rings (SSSR count). The third-order valence-electron chi connectivity index (χ3n) is 3.99. The van der Waals surface area contributed by atoms with Gasteiger partial charge in [-0.05, 0) is 56.8 Å². The molecule has 0 aromatic heterocycles. The summed E-state index contributed by atoms with van der Waals surface area (Å²) in [4.78, 5) is 12.3. The number of hydrogen-bond acceptors (Lipinski definition) is 3. The van der Waals surface area contributed by atoms with Crippen LogP contribution < -0.4 is 15.4 Å². The van der Waals surface area contributed by atoms with E-state index in [0.29, 0.717) is 12.3 Å². The van der Waals surface area contributed by atoms with E-state index in [9.17, 15) is 4.79 Å². The van der Waals surface area contributed by atoms with Crippen molar-refractivity contribution < 1.29 is 9.53 Å². The van der Waals surface area contributed by atoms with Gasteiger partial charge < -0.3 is 15.4 Å². The van der Waals surface area contributed by atoms with Crippen molar-refractivity contribution in [1.82, 2.24) is 10.6 Å². The number of aryl methyl sites for hydroxylation is 1. The molecule has 5 heteroatoms. The number of benzene rings is 1. The summed E-state index contributed by atoms with van der Waals surface area (Å²) in [7, 11) is 0. The lowest BCUT2D eigenvalue weighted by atomic mass is 10.00. The Hall–Kier alpha value is -1.26. The highest BCUT2D eigenvalue weighted by Gasteiger charge is 2.20. The summed E-state index contributed by atoms with van der Waals surface area (Å²) in [6, 6.07) is 7.81. The van der Waals surface area contributed by atoms with Gasteiger partial charge in [0.1, 0.15) is 5.75 Å². The summed E-state index contributed by atoms with van der Waals surface area (Å²) in [5.41, 5.74) is 1.06. The number of ether oxygens (including phenoxy) is 1. The first-order chi connectivity index (χ1) is 10.2. The Balaban J connectivity index is 0.00000242. The lowest BCUT2D eigenvalue weighted by Crippen LogP contribution is -2.43. The highest BCUT2D eigenvalue weighted by atomic mass is 35.5. The van der Waals surface area contributed by atoms with E-state index in [4.69, 9.17) is 4.74 Å². The number of amides is 1. The van der Waals surface area contributed by atoms with Crippen LogP contribution in [0.3, 0.4) is 0 Å². The molecular formula is C17H27ClN2O2. The number of rotatable bonds is 6. The number of halogens is 1. The second-order valence-corrected chi connectivity index (χ2v) is 5.74. The van der Waals surface area contributed by atoms with Crippen molar-refractivity contribution in [2.45, 2.75) is 39.2 Å². The van der Waals surface area contributed by atoms with Crippen LogP contribution in [0.15, 0.2) is 24.3 Å². The normalized spacial score (nSPS) is 18.9. The summed E-state index contributed by atoms with van der Waals surface area (Å²) in [5, 5.41) is 6.41. The molecule has 0 spiro atoms. The quantitative estimate of drug-likeness (QED) is 0.845. The van der Waals surface area contributed by atoms with Crippen LogP contribution in [0, 0.1) is 12.8 Å². The Morgan fingerprint density at radius 1 is 1.45 bits per heavy atom. The molecule has 22 heavy (non-hydrogen) atoms. The Bertz CT molecular complexity index is 462. The molecule has 0 saturated carbocycles. The van der Waals surface area contributed by atoms with E-state index in [1.54, 1.807) is 0 Å². The van der Waals surface area contributed by atoms with Gasteiger partial charge in [0.2, 0.25) is 0 Å². The fourth-order valence-electron chi connectivity index (χ4n) is 2.62. The van der Waals surface area contributed by atoms with E-state index in [2.05, 4.69) is 10.6 Å². The van der Waals surface area contributed by atoms with Gasteiger partial charge in [0.25, 0.3) is 5.91 Å². The molecule has 2 atom stereocenters. The standard InChI is InChI=1S/C17H26N2O2.ClH/c1-3-15(21-16-9-5-4-7-13(16)2)17(20)19-12-14-8-6-10-18-11-14;/h4-5,7,9,14-15,18H,3,6,8,10-12H2,1-2H3,(H,19,20);1H. The molecule has 0 radical (unpaired) electrons. The molecule has 1 aliphatic heterocycles. The summed E-state index contributed by atoms with van der Waals surface area (Å²) in [6.45, 7) is 6.80. The summed E-state index contributed by atoms with van der Waals surface area (Å²) < 4.78 is 5.87. The smallest absolute Gasteiger partial charge is 0.261 e. The van der Waals surface area contributed by atoms with Gasteiger partial charge in [-0.25, -0.2) is 0 Å². The first-order valence-corrected chi connectivity index (χ1v) is 7.91. The number of carbonyl (C=O) groups is 1. The number of carbonyl (C=O) groups excluding carboxylic acids is 1. The molecular weight excluding hydrogens is 300 g/mol. The Morgan fingerprint density at radius 2 is 2.23 bits per heavy atom. The molecule has 1 aromatic carbocycles. The van der Waals surface area contributed by atoms with Crippen LogP contribution in [0.4, 0.5) is 0 Å². The third-order valence-corrected chi connectivity index (χ3v) is 3.99. The van der Waals surface area contributed by atoms with Crippen molar-refractivity contribution in [3.63, 3.8) is 0 Å². The van der Waals surface area contributed by atoms with E-state index in [0.717, 1.165) is 30.9 Å². The molecule has 2 unspecified atom stereocenters. The van der Waals surface area contributed by atoms with Crippen molar-refractivity contribution in [1.29, 1.82) is 0 Å². The van der Waals surface area contributed by atoms with Crippen LogP contribution in [0.2, 0.25) is 0 Å². The lowest BCUT2D eigenvalue weighted by Gasteiger charge is -2.24. The van der Waals surface area contributed by atoms with Gasteiger partial charge >= 0.3 is 0 Å². The van der Waals surface area contributed by atoms with Crippen LogP contribution in [-0.2, 0) is 4.79 Å². The molecule has 1 fully saturated rings. The van der Waals surface area contributed by atoms with Gasteiger partial charge in [0.15, 0.2) is 6.10 Å². The van der Waals surface area contributed by atoms with Gasteiger partial charge in [-0.3, -0.25) is 4.79 Å². The second-order valence-electron chi connectivity index (χ2n) is 5.74. The fourth-order valence-corrected chi connectivity index (χ4v) is 2.62. The van der Waals surface area contributed by atoms with Gasteiger partial charge in [-0.15, -0.1) is 12.4 Å². The highest BCUT2D eigenvalue weighted by molar-refractivity contribution is 5.85. The van der Waals surface area contributed by atoms with Crippen molar-refractivity contribution in [3.8, 4) is 5.75 Å². The molecule has 2 N–H and O–H groups in total. The summed E-state index contributed by atoms with van der Waals surface area (Å²) in [5.74, 6) is 1.32. The zero-order valence-electron chi connectivity index (χ0n) is 13.4. The molecule has 1 aromatic rings. The Kier molecular flexibility index (Phi) is 8.28. The molecule has 1 aliphatic rings. The third kappa shape index (κ3) is 5.50. The van der Waals surface area contributed by atoms with Crippen molar-refractivity contribution in [2.24, 2.45) is 5.92 Å². The van der Waals surface area contributed by atoms with Crippen LogP contribution in [0.1, 0.15) is 31.7 Å². The van der Waals surface area contributed by atoms with Crippen LogP contribution in [-0.4, -0.2) is 31.6 Å². The predicted octanol–water partition coefficient (Wildman–Crippen LogP) is 2.69. The van der Waals surface area contributed by atoms with E-state index in [1.165, 1.54) is 12.8 Å². The average Bonchev–Trinajstić information content (AvgIpc) is 2.53. The van der Waals surface area contributed by atoms with Gasteiger partial charge in [-0.1, -0.05) is 25.1 Å². The Morgan fingerprint density at radius 3 is 2.86 bits per heavy atom. The van der Waals surface area contributed by atoms with Crippen molar-refractivity contribution in [3.05, 3.63) is 29.8 Å². The minimum absolute atomic E-state index is 0. The molecule has 0 bridgehead atoms. The summed E-state index contributed by atoms with van der Waals surface area (Å²) >= 11 is 0. The van der Waals surface area contributed by atoms with Crippen LogP contribution >= 0.6 is 12.4 Å². The van der Waals surface area contributed by atoms with E-state index in [1.807, 2.05) is 38.1 Å². The molecule has 1 amide bonds. The van der Waals surface area contributed by atoms with Crippen molar-refractivity contribution >= 4 is 18.3 Å². The molecule has 0 aliphatic carbocycles. The largest absolute Gasteiger partial charge is 0.480 e. The van der Waals surface area contributed by atoms with Crippen LogP contribution in [0.5, 0.6) is 5.75 Å². The monoisotopic (exact) mass is 326 g/mol. The minimum Gasteiger partial charge on any atom is -0.480 e. The zero-order chi connectivity index (χ0) is 15.1. The van der Waals surface area contributed by atoms with Crippen molar-refractivity contribution in [2.75, 3.05) is 19.6 Å². The predicted molar refractivity (Wildman–Crippen MR) is 91.7 cm³/mol. The number of hydrogen-bond donors (Lipinski definition) is 2. The zero-order valence-corrected chi connectivity index (χ0v) is 14.2. The van der Waals surface area contributed by atoms with Gasteiger partial charge in [0, 0.05) is 6.54 Å². The first kappa shape index (κ1) is 18.8. The SMILES string of the molecule is CCC(Oc1ccccc1C)C(=O)NCC1CCCNC1.Cl. The molecule has 1 saturated heterocycles. The fraction of sp³-hybridized carbons (Fsp3) is 0.588. The maximum absolute atomic E-state index is 12.3. The van der Waals surface area contributed by atoms with E-state index >= 15 is 0 Å². The van der Waals surface area contributed by atoms with Crippen LogP contribution in [0.25, 0.3) is 0 Å². The Labute approximate surface area is 139 Å². The lowest BCUT2D eigenvalue weighted by molar-refractivity contribution is -0.128. The topological polar surface area (TPSA) is 50.4 Å². The van der Waals surface area contributed by atoms with E-state index in [-0.39, 0.29) is 18.3 Å². The van der Waals surface area contributed by atoms with E-state index < -0.39 is 6.10 Å². The van der Waals surface area contributed by atoms with Gasteiger partial charge in [0.05, 0.1) is 0 Å². The number of nitrogens with one attached hydrogen (secondary N) is 2. The molecule has 1 heterocycles. The average molecular weight is 327 g/mol. The first-order valence-electron chi connectivity index (χ1n) is 7.91. The van der Waals surface area contributed by atoms with Gasteiger partial charge in [-0.2, -0.15) is 0 Å². The number of piperidine rings is 1. The second kappa shape index (κ2) is 9.70.